The van der Waals surface area contributed by atoms with Crippen LogP contribution >= 0.6 is 90.4 Å². The molecule has 0 spiro atoms. The second kappa shape index (κ2) is 10.0. The van der Waals surface area contributed by atoms with Crippen molar-refractivity contribution in [1.29, 1.82) is 0 Å². The summed E-state index contributed by atoms with van der Waals surface area (Å²) in [4.78, 5) is 22.5. The highest BCUT2D eigenvalue weighted by Gasteiger charge is 2.34. The first kappa shape index (κ1) is 27.2. The molecule has 0 N–H and O–H groups in total. The highest BCUT2D eigenvalue weighted by molar-refractivity contribution is 14.1. The van der Waals surface area contributed by atoms with Gasteiger partial charge in [-0.25, -0.2) is 26.8 Å². The molecular formula is C15H3F4I4O7S-. The van der Waals surface area contributed by atoms with Crippen molar-refractivity contribution < 1.29 is 49.6 Å². The zero-order chi connectivity index (χ0) is 24.0. The molecule has 2 rings (SSSR count). The number of hydrogen-bond acceptors (Lipinski definition) is 7. The summed E-state index contributed by atoms with van der Waals surface area (Å²) in [5.41, 5.74) is -0.843. The highest BCUT2D eigenvalue weighted by Crippen LogP contribution is 2.36. The third kappa shape index (κ3) is 5.06. The Morgan fingerprint density at radius 1 is 0.774 bits per heavy atom. The van der Waals surface area contributed by atoms with Gasteiger partial charge in [0.25, 0.3) is 0 Å². The van der Waals surface area contributed by atoms with Crippen molar-refractivity contribution in [1.82, 2.24) is 0 Å². The standard InChI is InChI=1S/C15H4F4I4O7S/c1-29-14(24)2-3(9(21)11(23)10(22)8(2)20)15(25)30-12-4(16)6(18)13(31(26,27)28)7(19)5(12)17/h1H3,(H,26,27,28)/p-1. The van der Waals surface area contributed by atoms with Crippen LogP contribution in [0.3, 0.4) is 0 Å². The van der Waals surface area contributed by atoms with E-state index in [0.29, 0.717) is 7.14 Å². The highest BCUT2D eigenvalue weighted by atomic mass is 127. The first-order valence-electron chi connectivity index (χ1n) is 7.14. The summed E-state index contributed by atoms with van der Waals surface area (Å²) in [5, 5.41) is 0. The van der Waals surface area contributed by atoms with Crippen LogP contribution in [0.25, 0.3) is 0 Å². The lowest BCUT2D eigenvalue weighted by molar-refractivity contribution is 0.0584. The summed E-state index contributed by atoms with van der Waals surface area (Å²) in [6.45, 7) is 0. The Morgan fingerprint density at radius 2 is 1.16 bits per heavy atom. The second-order valence-corrected chi connectivity index (χ2v) is 10.9. The molecule has 31 heavy (non-hydrogen) atoms. The molecule has 16 heteroatoms. The van der Waals surface area contributed by atoms with Crippen molar-refractivity contribution in [3.8, 4) is 5.75 Å². The van der Waals surface area contributed by atoms with Crippen LogP contribution in [0.2, 0.25) is 0 Å². The quantitative estimate of drug-likeness (QED) is 0.0842. The van der Waals surface area contributed by atoms with Gasteiger partial charge in [-0.3, -0.25) is 0 Å². The van der Waals surface area contributed by atoms with Crippen LogP contribution in [0, 0.1) is 37.5 Å². The smallest absolute Gasteiger partial charge is 0.345 e. The molecule has 0 saturated carbocycles. The zero-order valence-corrected chi connectivity index (χ0v) is 23.7. The van der Waals surface area contributed by atoms with E-state index in [-0.39, 0.29) is 12.7 Å². The molecule has 0 aliphatic rings. The van der Waals surface area contributed by atoms with Crippen LogP contribution in [0.1, 0.15) is 20.7 Å². The van der Waals surface area contributed by atoms with Crippen molar-refractivity contribution in [2.75, 3.05) is 7.11 Å². The fraction of sp³-hybridized carbons (Fsp3) is 0.0667. The van der Waals surface area contributed by atoms with Gasteiger partial charge in [0.2, 0.25) is 17.4 Å². The molecule has 0 radical (unpaired) electrons. The Balaban J connectivity index is 2.77. The van der Waals surface area contributed by atoms with Crippen LogP contribution in [0.5, 0.6) is 5.75 Å². The first-order valence-corrected chi connectivity index (χ1v) is 12.9. The molecule has 0 aliphatic heterocycles. The lowest BCUT2D eigenvalue weighted by atomic mass is 10.1. The van der Waals surface area contributed by atoms with Crippen LogP contribution in [0.4, 0.5) is 17.6 Å². The molecule has 2 aromatic carbocycles. The van der Waals surface area contributed by atoms with E-state index in [1.807, 2.05) is 45.2 Å². The zero-order valence-electron chi connectivity index (χ0n) is 14.3. The number of esters is 2. The molecule has 0 amide bonds. The topological polar surface area (TPSA) is 110 Å². The number of ether oxygens (including phenoxy) is 2. The van der Waals surface area contributed by atoms with Crippen LogP contribution in [-0.4, -0.2) is 32.0 Å². The van der Waals surface area contributed by atoms with E-state index in [1.54, 1.807) is 45.2 Å². The van der Waals surface area contributed by atoms with Gasteiger partial charge in [0.15, 0.2) is 11.6 Å². The van der Waals surface area contributed by atoms with E-state index >= 15 is 0 Å². The molecule has 0 unspecified atom stereocenters. The van der Waals surface area contributed by atoms with Gasteiger partial charge in [-0.2, -0.15) is 8.78 Å². The van der Waals surface area contributed by atoms with E-state index in [0.717, 1.165) is 7.11 Å². The molecular weight excluding hydrogens is 908 g/mol. The van der Waals surface area contributed by atoms with E-state index < -0.39 is 61.5 Å². The van der Waals surface area contributed by atoms with Crippen molar-refractivity contribution in [2.45, 2.75) is 4.90 Å². The van der Waals surface area contributed by atoms with Gasteiger partial charge in [0, 0.05) is 14.3 Å². The molecule has 0 saturated heterocycles. The number of hydrogen-bond donors (Lipinski definition) is 0. The minimum atomic E-state index is -5.94. The third-order valence-corrected chi connectivity index (χ3v) is 11.8. The molecule has 0 bridgehead atoms. The Morgan fingerprint density at radius 3 is 1.52 bits per heavy atom. The van der Waals surface area contributed by atoms with Gasteiger partial charge in [-0.15, -0.1) is 0 Å². The Hall–Kier alpha value is -0.0700. The molecule has 0 atom stereocenters. The number of rotatable bonds is 4. The number of carbonyl (C=O) groups is 2. The lowest BCUT2D eigenvalue weighted by Gasteiger charge is -2.17. The molecule has 2 aromatic rings. The average Bonchev–Trinajstić information content (AvgIpc) is 2.68. The predicted octanol–water partition coefficient (Wildman–Crippen LogP) is 4.57. The number of methoxy groups -OCH3 is 1. The number of halogens is 8. The maximum atomic E-state index is 14.2. The van der Waals surface area contributed by atoms with E-state index in [1.165, 1.54) is 0 Å². The maximum absolute atomic E-state index is 14.2. The van der Waals surface area contributed by atoms with Gasteiger partial charge in [-0.1, -0.05) is 0 Å². The summed E-state index contributed by atoms with van der Waals surface area (Å²) in [5.74, 6) is -14.5. The Bertz CT molecular complexity index is 1220. The molecule has 0 aromatic heterocycles. The van der Waals surface area contributed by atoms with Crippen molar-refractivity contribution in [3.05, 3.63) is 48.7 Å². The minimum absolute atomic E-state index is 0.105. The predicted molar refractivity (Wildman–Crippen MR) is 128 cm³/mol. The van der Waals surface area contributed by atoms with Crippen molar-refractivity contribution in [2.24, 2.45) is 0 Å². The van der Waals surface area contributed by atoms with Gasteiger partial charge in [-0.05, 0) is 90.4 Å². The van der Waals surface area contributed by atoms with Crippen LogP contribution < -0.4 is 4.74 Å². The Kier molecular flexibility index (Phi) is 8.81. The molecule has 0 heterocycles. The summed E-state index contributed by atoms with van der Waals surface area (Å²) in [6, 6.07) is 0. The van der Waals surface area contributed by atoms with E-state index in [4.69, 9.17) is 0 Å². The van der Waals surface area contributed by atoms with Gasteiger partial charge in [0.05, 0.1) is 18.2 Å². The number of benzene rings is 2. The maximum Gasteiger partial charge on any atom is 0.345 e. The minimum Gasteiger partial charge on any atom is -0.744 e. The third-order valence-electron chi connectivity index (χ3n) is 3.49. The summed E-state index contributed by atoms with van der Waals surface area (Å²) in [7, 11) is -4.93. The second-order valence-electron chi connectivity index (χ2n) is 5.26. The van der Waals surface area contributed by atoms with Crippen LogP contribution in [0.15, 0.2) is 4.90 Å². The van der Waals surface area contributed by atoms with E-state index in [2.05, 4.69) is 9.47 Å². The van der Waals surface area contributed by atoms with Gasteiger partial charge >= 0.3 is 11.9 Å². The monoisotopic (exact) mass is 911 g/mol. The SMILES string of the molecule is COC(=O)c1c(I)c(I)c(I)c(I)c1C(=O)Oc1c(F)c(F)c(S(=O)(=O)[O-])c(F)c1F. The molecule has 7 nitrogen and oxygen atoms in total. The van der Waals surface area contributed by atoms with E-state index in [9.17, 15) is 40.1 Å². The molecule has 168 valence electrons. The van der Waals surface area contributed by atoms with Crippen molar-refractivity contribution >= 4 is 112 Å². The fourth-order valence-corrected chi connectivity index (χ4v) is 6.41. The van der Waals surface area contributed by atoms with Crippen molar-refractivity contribution in [3.63, 3.8) is 0 Å². The molecule has 0 fully saturated rings. The normalized spacial score (nSPS) is 11.4. The largest absolute Gasteiger partial charge is 0.744 e. The average molecular weight is 911 g/mol. The van der Waals surface area contributed by atoms with Gasteiger partial charge < -0.3 is 14.0 Å². The Labute approximate surface area is 225 Å². The van der Waals surface area contributed by atoms with Gasteiger partial charge in [0.1, 0.15) is 15.0 Å². The first-order chi connectivity index (χ1) is 14.2. The fourth-order valence-electron chi connectivity index (χ4n) is 2.16. The summed E-state index contributed by atoms with van der Waals surface area (Å²) < 4.78 is 99.4. The van der Waals surface area contributed by atoms with Crippen LogP contribution in [-0.2, 0) is 14.9 Å². The summed E-state index contributed by atoms with van der Waals surface area (Å²) >= 11 is 7.07. The number of carbonyl (C=O) groups excluding carboxylic acids is 2. The summed E-state index contributed by atoms with van der Waals surface area (Å²) in [6.07, 6.45) is 0. The lowest BCUT2D eigenvalue weighted by Crippen LogP contribution is -2.22. The molecule has 0 aliphatic carbocycles.